The smallest absolute Gasteiger partial charge is 0.228 e. The number of H-pyrrole nitrogens is 1. The van der Waals surface area contributed by atoms with Crippen LogP contribution in [0.1, 0.15) is 20.3 Å². The van der Waals surface area contributed by atoms with Crippen LogP contribution in [-0.4, -0.2) is 25.8 Å². The van der Waals surface area contributed by atoms with Crippen LogP contribution in [0.4, 0.5) is 11.5 Å². The first-order valence-corrected chi connectivity index (χ1v) is 10.4. The molecule has 6 nitrogen and oxygen atoms in total. The van der Waals surface area contributed by atoms with E-state index in [4.69, 9.17) is 0 Å². The van der Waals surface area contributed by atoms with E-state index >= 15 is 0 Å². The van der Waals surface area contributed by atoms with Gasteiger partial charge in [0.05, 0.1) is 0 Å². The summed E-state index contributed by atoms with van der Waals surface area (Å²) in [4.78, 5) is 19.9. The van der Waals surface area contributed by atoms with Gasteiger partial charge in [-0.3, -0.25) is 4.79 Å². The highest BCUT2D eigenvalue weighted by atomic mass is 32.2. The maximum absolute atomic E-state index is 12.3. The summed E-state index contributed by atoms with van der Waals surface area (Å²) < 4.78 is 14.6. The van der Waals surface area contributed by atoms with Gasteiger partial charge in [-0.1, -0.05) is 26.0 Å². The lowest BCUT2D eigenvalue weighted by Crippen LogP contribution is -2.15. The van der Waals surface area contributed by atoms with Crippen molar-refractivity contribution in [3.05, 3.63) is 42.6 Å². The van der Waals surface area contributed by atoms with Crippen LogP contribution in [0.2, 0.25) is 0 Å². The molecule has 7 heteroatoms. The molecular formula is C20H22N4O2S. The highest BCUT2D eigenvalue weighted by molar-refractivity contribution is 7.86. The molecule has 3 aromatic rings. The molecule has 1 aromatic carbocycles. The summed E-state index contributed by atoms with van der Waals surface area (Å²) in [5, 5.41) is 3.94. The van der Waals surface area contributed by atoms with E-state index in [9.17, 15) is 9.00 Å². The number of aromatic nitrogens is 2. The number of carbonyl (C=O) groups is 1. The summed E-state index contributed by atoms with van der Waals surface area (Å²) in [6.45, 7) is 3.95. The molecule has 2 aromatic heterocycles. The summed E-state index contributed by atoms with van der Waals surface area (Å²) in [5.41, 5.74) is 3.55. The lowest BCUT2D eigenvalue weighted by atomic mass is 10.0. The molecule has 1 saturated carbocycles. The number of rotatable bonds is 6. The molecule has 1 aliphatic carbocycles. The van der Waals surface area contributed by atoms with Crippen molar-refractivity contribution in [3.8, 4) is 11.1 Å². The van der Waals surface area contributed by atoms with Gasteiger partial charge in [0, 0.05) is 28.9 Å². The zero-order valence-corrected chi connectivity index (χ0v) is 16.1. The lowest BCUT2D eigenvalue weighted by molar-refractivity contribution is -0.117. The maximum Gasteiger partial charge on any atom is 0.228 e. The van der Waals surface area contributed by atoms with E-state index in [2.05, 4.69) is 26.9 Å². The normalized spacial score (nSPS) is 19.6. The molecule has 3 atom stereocenters. The molecule has 27 heavy (non-hydrogen) atoms. The third-order valence-corrected chi connectivity index (χ3v) is 5.90. The van der Waals surface area contributed by atoms with Gasteiger partial charge in [-0.2, -0.15) is 0 Å². The molecule has 0 aliphatic heterocycles. The number of nitrogens with one attached hydrogen (secondary N) is 3. The van der Waals surface area contributed by atoms with E-state index in [1.54, 1.807) is 0 Å². The maximum atomic E-state index is 12.3. The minimum absolute atomic E-state index is 0.0356. The fourth-order valence-electron chi connectivity index (χ4n) is 3.17. The fourth-order valence-corrected chi connectivity index (χ4v) is 3.71. The number of amides is 1. The Kier molecular flexibility index (Phi) is 4.70. The van der Waals surface area contributed by atoms with Crippen LogP contribution in [0.15, 0.2) is 42.6 Å². The van der Waals surface area contributed by atoms with Crippen LogP contribution in [0.25, 0.3) is 22.2 Å². The quantitative estimate of drug-likeness (QED) is 0.604. The van der Waals surface area contributed by atoms with Crippen molar-refractivity contribution >= 4 is 39.4 Å². The van der Waals surface area contributed by atoms with Crippen LogP contribution >= 0.6 is 0 Å². The van der Waals surface area contributed by atoms with Crippen molar-refractivity contribution in [2.75, 3.05) is 15.8 Å². The second-order valence-corrected chi connectivity index (χ2v) is 8.39. The highest BCUT2D eigenvalue weighted by Gasteiger charge is 2.39. The van der Waals surface area contributed by atoms with Gasteiger partial charge in [0.2, 0.25) is 5.91 Å². The molecule has 2 heterocycles. The van der Waals surface area contributed by atoms with Crippen LogP contribution in [0.5, 0.6) is 0 Å². The number of carbonyl (C=O) groups excluding carboxylic acids is 1. The molecule has 3 N–H and O–H groups in total. The van der Waals surface area contributed by atoms with Crippen molar-refractivity contribution in [3.63, 3.8) is 0 Å². The molecule has 0 bridgehead atoms. The molecule has 140 valence electrons. The summed E-state index contributed by atoms with van der Waals surface area (Å²) in [7, 11) is -1.07. The number of hydrogen-bond donors (Lipinski definition) is 3. The highest BCUT2D eigenvalue weighted by Crippen LogP contribution is 2.39. The van der Waals surface area contributed by atoms with Gasteiger partial charge in [-0.25, -0.2) is 9.19 Å². The van der Waals surface area contributed by atoms with Crippen molar-refractivity contribution in [2.45, 2.75) is 20.3 Å². The second kappa shape index (κ2) is 7.15. The zero-order chi connectivity index (χ0) is 19.0. The van der Waals surface area contributed by atoms with Gasteiger partial charge < -0.3 is 15.0 Å². The van der Waals surface area contributed by atoms with E-state index in [0.29, 0.717) is 17.5 Å². The standard InChI is InChI=1S/C20H22N4O2S/c1-3-27(26)24-14-6-4-13(5-7-14)17-11-18(22-19-15(17)8-9-21-19)23-20(25)16-10-12(16)2/h4-9,11-12,16,24H,3,10H2,1-2H3,(H2,21,22,23,25). The summed E-state index contributed by atoms with van der Waals surface area (Å²) in [6, 6.07) is 11.7. The first kappa shape index (κ1) is 17.7. The van der Waals surface area contributed by atoms with Gasteiger partial charge >= 0.3 is 0 Å². The topological polar surface area (TPSA) is 86.9 Å². The van der Waals surface area contributed by atoms with Gasteiger partial charge in [-0.05, 0) is 47.7 Å². The SMILES string of the molecule is CCS(=O)Nc1ccc(-c2cc(NC(=O)C3CC3C)nc3[nH]ccc23)cc1. The molecular weight excluding hydrogens is 360 g/mol. The van der Waals surface area contributed by atoms with Crippen LogP contribution in [0, 0.1) is 11.8 Å². The largest absolute Gasteiger partial charge is 0.346 e. The van der Waals surface area contributed by atoms with Gasteiger partial charge in [0.15, 0.2) is 0 Å². The van der Waals surface area contributed by atoms with Crippen molar-refractivity contribution < 1.29 is 9.00 Å². The van der Waals surface area contributed by atoms with E-state index < -0.39 is 11.0 Å². The van der Waals surface area contributed by atoms with Crippen molar-refractivity contribution in [1.29, 1.82) is 0 Å². The number of hydrogen-bond acceptors (Lipinski definition) is 3. The Morgan fingerprint density at radius 2 is 2.04 bits per heavy atom. The predicted molar refractivity (Wildman–Crippen MR) is 110 cm³/mol. The second-order valence-electron chi connectivity index (χ2n) is 6.92. The molecule has 3 unspecified atom stereocenters. The Hall–Kier alpha value is -2.67. The lowest BCUT2D eigenvalue weighted by Gasteiger charge is -2.10. The minimum atomic E-state index is -1.07. The van der Waals surface area contributed by atoms with Gasteiger partial charge in [0.1, 0.15) is 22.5 Å². The molecule has 1 amide bonds. The Labute approximate surface area is 160 Å². The van der Waals surface area contributed by atoms with Gasteiger partial charge in [-0.15, -0.1) is 0 Å². The Morgan fingerprint density at radius 1 is 1.30 bits per heavy atom. The molecule has 1 fully saturated rings. The minimum Gasteiger partial charge on any atom is -0.346 e. The van der Waals surface area contributed by atoms with E-state index in [-0.39, 0.29) is 11.8 Å². The summed E-state index contributed by atoms with van der Waals surface area (Å²) in [6.07, 6.45) is 2.78. The molecule has 4 rings (SSSR count). The summed E-state index contributed by atoms with van der Waals surface area (Å²) in [5.74, 6) is 1.69. The van der Waals surface area contributed by atoms with Crippen LogP contribution in [-0.2, 0) is 15.8 Å². The Morgan fingerprint density at radius 3 is 2.70 bits per heavy atom. The van der Waals surface area contributed by atoms with Gasteiger partial charge in [0.25, 0.3) is 0 Å². The Bertz CT molecular complexity index is 1010. The Balaban J connectivity index is 1.65. The van der Waals surface area contributed by atoms with Crippen LogP contribution < -0.4 is 10.0 Å². The van der Waals surface area contributed by atoms with Crippen molar-refractivity contribution in [2.24, 2.45) is 11.8 Å². The van der Waals surface area contributed by atoms with Crippen LogP contribution in [0.3, 0.4) is 0 Å². The number of aromatic amines is 1. The van der Waals surface area contributed by atoms with E-state index in [0.717, 1.165) is 34.3 Å². The number of nitrogens with zero attached hydrogens (tertiary/aromatic N) is 1. The summed E-state index contributed by atoms with van der Waals surface area (Å²) >= 11 is 0. The van der Waals surface area contributed by atoms with E-state index in [1.807, 2.05) is 49.5 Å². The molecule has 0 radical (unpaired) electrons. The number of fused-ring (bicyclic) bond motifs is 1. The molecule has 0 saturated heterocycles. The average molecular weight is 382 g/mol. The van der Waals surface area contributed by atoms with E-state index in [1.165, 1.54) is 0 Å². The number of anilines is 2. The molecule has 0 spiro atoms. The monoisotopic (exact) mass is 382 g/mol. The first-order chi connectivity index (χ1) is 13.0. The average Bonchev–Trinajstić information content (AvgIpc) is 3.21. The fraction of sp³-hybridized carbons (Fsp3) is 0.300. The number of benzene rings is 1. The predicted octanol–water partition coefficient (Wildman–Crippen LogP) is 3.92. The third kappa shape index (κ3) is 3.73. The zero-order valence-electron chi connectivity index (χ0n) is 15.3. The number of pyridine rings is 1. The van der Waals surface area contributed by atoms with Crippen molar-refractivity contribution in [1.82, 2.24) is 9.97 Å². The first-order valence-electron chi connectivity index (χ1n) is 9.09. The third-order valence-electron chi connectivity index (χ3n) is 4.92. The molecule has 1 aliphatic rings.